The van der Waals surface area contributed by atoms with Gasteiger partial charge in [-0.25, -0.2) is 4.98 Å². The van der Waals surface area contributed by atoms with E-state index in [4.69, 9.17) is 17.2 Å². The molecule has 1 fully saturated rings. The van der Waals surface area contributed by atoms with Crippen molar-refractivity contribution in [3.8, 4) is 0 Å². The Balaban J connectivity index is 1.85. The third-order valence-electron chi connectivity index (χ3n) is 3.86. The van der Waals surface area contributed by atoms with Gasteiger partial charge in [-0.05, 0) is 25.2 Å². The summed E-state index contributed by atoms with van der Waals surface area (Å²) in [4.78, 5) is 31.3. The number of aliphatic imine (C=N–C) groups is 1. The van der Waals surface area contributed by atoms with Crippen molar-refractivity contribution >= 4 is 29.0 Å². The van der Waals surface area contributed by atoms with Gasteiger partial charge in [-0.3, -0.25) is 14.6 Å². The van der Waals surface area contributed by atoms with Crippen molar-refractivity contribution in [2.24, 2.45) is 28.1 Å². The number of aromatic nitrogens is 1. The van der Waals surface area contributed by atoms with Gasteiger partial charge in [0.2, 0.25) is 0 Å². The number of ketones is 1. The van der Waals surface area contributed by atoms with Crippen LogP contribution in [-0.2, 0) is 0 Å². The second kappa shape index (κ2) is 7.35. The van der Waals surface area contributed by atoms with E-state index in [1.807, 2.05) is 0 Å². The van der Waals surface area contributed by atoms with Crippen LogP contribution in [0.1, 0.15) is 58.8 Å². The van der Waals surface area contributed by atoms with E-state index in [1.54, 1.807) is 0 Å². The fourth-order valence-electron chi connectivity index (χ4n) is 2.81. The number of primary amides is 1. The van der Waals surface area contributed by atoms with Crippen LogP contribution in [0.25, 0.3) is 0 Å². The number of hydrogen-bond donors (Lipinski definition) is 3. The van der Waals surface area contributed by atoms with Crippen molar-refractivity contribution < 1.29 is 9.59 Å². The molecule has 0 aliphatic heterocycles. The first kappa shape index (κ1) is 16.4. The van der Waals surface area contributed by atoms with Crippen LogP contribution in [0.5, 0.6) is 0 Å². The molecular weight excluding hydrogens is 302 g/mol. The molecular formula is C14H21N5O2S. The summed E-state index contributed by atoms with van der Waals surface area (Å²) in [6, 6.07) is 0.167. The van der Waals surface area contributed by atoms with Gasteiger partial charge in [-0.15, -0.1) is 11.3 Å². The third kappa shape index (κ3) is 4.52. The fraction of sp³-hybridized carbons (Fsp3) is 0.571. The molecule has 0 bridgehead atoms. The zero-order chi connectivity index (χ0) is 16.1. The lowest BCUT2D eigenvalue weighted by Crippen LogP contribution is -2.28. The van der Waals surface area contributed by atoms with Crippen LogP contribution in [0, 0.1) is 5.92 Å². The number of amides is 1. The van der Waals surface area contributed by atoms with Gasteiger partial charge in [-0.2, -0.15) is 0 Å². The van der Waals surface area contributed by atoms with E-state index in [-0.39, 0.29) is 23.5 Å². The van der Waals surface area contributed by atoms with Crippen LogP contribution in [0.2, 0.25) is 0 Å². The number of Topliss-reactive ketones (excluding diaryl/α,β-unsaturated/α-hetero) is 1. The number of carbonyl (C=O) groups excluding carboxylic acids is 2. The lowest BCUT2D eigenvalue weighted by Gasteiger charge is -2.26. The molecule has 1 saturated carbocycles. The Morgan fingerprint density at radius 1 is 1.32 bits per heavy atom. The summed E-state index contributed by atoms with van der Waals surface area (Å²) >= 11 is 1.17. The highest BCUT2D eigenvalue weighted by atomic mass is 32.1. The number of rotatable bonds is 6. The lowest BCUT2D eigenvalue weighted by molar-refractivity contribution is 0.0968. The first-order chi connectivity index (χ1) is 10.5. The van der Waals surface area contributed by atoms with Gasteiger partial charge < -0.3 is 17.2 Å². The van der Waals surface area contributed by atoms with E-state index in [9.17, 15) is 9.59 Å². The van der Waals surface area contributed by atoms with E-state index in [1.165, 1.54) is 16.7 Å². The smallest absolute Gasteiger partial charge is 0.268 e. The predicted octanol–water partition coefficient (Wildman–Crippen LogP) is 1.04. The van der Waals surface area contributed by atoms with Crippen LogP contribution >= 0.6 is 11.3 Å². The Hall–Kier alpha value is -1.96. The molecule has 2 rings (SSSR count). The molecule has 8 heteroatoms. The number of nitrogens with zero attached hydrogens (tertiary/aromatic N) is 2. The topological polar surface area (TPSA) is 137 Å². The number of carbonyl (C=O) groups is 2. The molecule has 7 nitrogen and oxygen atoms in total. The maximum atomic E-state index is 12.1. The van der Waals surface area contributed by atoms with E-state index in [2.05, 4.69) is 9.98 Å². The Morgan fingerprint density at radius 2 is 2.09 bits per heavy atom. The maximum absolute atomic E-state index is 12.1. The minimum Gasteiger partial charge on any atom is -0.370 e. The van der Waals surface area contributed by atoms with Crippen molar-refractivity contribution in [2.75, 3.05) is 0 Å². The summed E-state index contributed by atoms with van der Waals surface area (Å²) < 4.78 is 0. The summed E-state index contributed by atoms with van der Waals surface area (Å²) in [6.07, 6.45) is 5.29. The average molecular weight is 323 g/mol. The van der Waals surface area contributed by atoms with Gasteiger partial charge in [0.1, 0.15) is 5.69 Å². The molecule has 1 heterocycles. The van der Waals surface area contributed by atoms with E-state index in [0.717, 1.165) is 32.1 Å². The Morgan fingerprint density at radius 3 is 2.73 bits per heavy atom. The molecule has 0 radical (unpaired) electrons. The fourth-order valence-corrected chi connectivity index (χ4v) is 3.59. The van der Waals surface area contributed by atoms with Crippen molar-refractivity contribution in [2.45, 2.75) is 44.6 Å². The van der Waals surface area contributed by atoms with Crippen molar-refractivity contribution in [3.63, 3.8) is 0 Å². The highest BCUT2D eigenvalue weighted by Gasteiger charge is 2.23. The van der Waals surface area contributed by atoms with Crippen LogP contribution in [0.4, 0.5) is 0 Å². The van der Waals surface area contributed by atoms with Crippen molar-refractivity contribution in [1.29, 1.82) is 0 Å². The van der Waals surface area contributed by atoms with Crippen molar-refractivity contribution in [1.82, 2.24) is 4.98 Å². The molecule has 1 aromatic heterocycles. The number of nitrogens with two attached hydrogens (primary N) is 3. The third-order valence-corrected chi connectivity index (χ3v) is 4.74. The SMILES string of the molecule is NC(=O)c1csc(C(=O)CCC2CCCC(N=C(N)N)C2)n1. The predicted molar refractivity (Wildman–Crippen MR) is 85.8 cm³/mol. The van der Waals surface area contributed by atoms with Gasteiger partial charge in [0.05, 0.1) is 6.04 Å². The van der Waals surface area contributed by atoms with E-state index in [0.29, 0.717) is 17.3 Å². The molecule has 1 aromatic rings. The normalized spacial score (nSPS) is 21.3. The molecule has 1 aliphatic rings. The molecule has 0 spiro atoms. The van der Waals surface area contributed by atoms with E-state index < -0.39 is 5.91 Å². The highest BCUT2D eigenvalue weighted by molar-refractivity contribution is 7.11. The summed E-state index contributed by atoms with van der Waals surface area (Å²) in [5.41, 5.74) is 16.1. The molecule has 6 N–H and O–H groups in total. The quantitative estimate of drug-likeness (QED) is 0.408. The Bertz CT molecular complexity index is 580. The molecule has 1 aliphatic carbocycles. The van der Waals surface area contributed by atoms with Gasteiger partial charge in [0, 0.05) is 11.8 Å². The zero-order valence-electron chi connectivity index (χ0n) is 12.3. The van der Waals surface area contributed by atoms with Crippen LogP contribution in [0.3, 0.4) is 0 Å². The van der Waals surface area contributed by atoms with Gasteiger partial charge in [-0.1, -0.05) is 12.8 Å². The molecule has 1 amide bonds. The highest BCUT2D eigenvalue weighted by Crippen LogP contribution is 2.30. The zero-order valence-corrected chi connectivity index (χ0v) is 13.1. The Kier molecular flexibility index (Phi) is 5.48. The Labute approximate surface area is 133 Å². The van der Waals surface area contributed by atoms with Crippen molar-refractivity contribution in [3.05, 3.63) is 16.1 Å². The molecule has 0 aromatic carbocycles. The minimum atomic E-state index is -0.609. The monoisotopic (exact) mass is 323 g/mol. The maximum Gasteiger partial charge on any atom is 0.268 e. The molecule has 0 saturated heterocycles. The molecule has 2 atom stereocenters. The van der Waals surface area contributed by atoms with Gasteiger partial charge in [0.25, 0.3) is 5.91 Å². The van der Waals surface area contributed by atoms with Gasteiger partial charge in [0.15, 0.2) is 16.8 Å². The minimum absolute atomic E-state index is 0.0403. The van der Waals surface area contributed by atoms with E-state index >= 15 is 0 Å². The second-order valence-corrected chi connectivity index (χ2v) is 6.46. The molecule has 22 heavy (non-hydrogen) atoms. The average Bonchev–Trinajstić information content (AvgIpc) is 2.94. The molecule has 120 valence electrons. The first-order valence-electron chi connectivity index (χ1n) is 7.33. The standard InChI is InChI=1S/C14H21N5O2S/c15-12(21)10-7-22-13(19-10)11(20)5-4-8-2-1-3-9(6-8)18-14(16)17/h7-9H,1-6H2,(H2,15,21)(H4,16,17,18). The number of hydrogen-bond acceptors (Lipinski definition) is 5. The summed E-state index contributed by atoms with van der Waals surface area (Å²) in [6.45, 7) is 0. The summed E-state index contributed by atoms with van der Waals surface area (Å²) in [5.74, 6) is -0.0750. The largest absolute Gasteiger partial charge is 0.370 e. The lowest BCUT2D eigenvalue weighted by atomic mass is 9.83. The number of guanidine groups is 1. The molecule has 2 unspecified atom stereocenters. The van der Waals surface area contributed by atoms with Crippen LogP contribution in [-0.4, -0.2) is 28.7 Å². The van der Waals surface area contributed by atoms with Crippen LogP contribution in [0.15, 0.2) is 10.4 Å². The second-order valence-electron chi connectivity index (χ2n) is 5.60. The van der Waals surface area contributed by atoms with Gasteiger partial charge >= 0.3 is 0 Å². The summed E-state index contributed by atoms with van der Waals surface area (Å²) in [7, 11) is 0. The summed E-state index contributed by atoms with van der Waals surface area (Å²) in [5, 5.41) is 1.87. The first-order valence-corrected chi connectivity index (χ1v) is 8.21. The number of thiazole rings is 1. The van der Waals surface area contributed by atoms with Crippen LogP contribution < -0.4 is 17.2 Å².